The summed E-state index contributed by atoms with van der Waals surface area (Å²) in [5.41, 5.74) is 0.799. The fourth-order valence-electron chi connectivity index (χ4n) is 3.20. The molecule has 1 atom stereocenters. The molecule has 2 aromatic carbocycles. The number of sulfonamides is 1. The Kier molecular flexibility index (Phi) is 6.11. The molecule has 1 heterocycles. The van der Waals surface area contributed by atoms with Crippen LogP contribution in [0.4, 0.5) is 5.69 Å². The average molecular weight is 402 g/mol. The number of nitrogens with zero attached hydrogens (tertiary/aromatic N) is 1. The molecule has 8 heteroatoms. The number of nitrogens with one attached hydrogen (secondary N) is 1. The van der Waals surface area contributed by atoms with E-state index < -0.39 is 21.9 Å². The molecular formula is C20H22N2O5S. The number of benzene rings is 2. The SMILES string of the molecule is COC(=O)c1cccc(NC(=O)[C@H]2CCCN(S(=O)(=O)c3ccccc3)C2)c1. The van der Waals surface area contributed by atoms with Gasteiger partial charge in [-0.05, 0) is 43.2 Å². The number of amides is 1. The van der Waals surface area contributed by atoms with Crippen molar-refractivity contribution in [2.24, 2.45) is 5.92 Å². The summed E-state index contributed by atoms with van der Waals surface area (Å²) in [4.78, 5) is 24.5. The van der Waals surface area contributed by atoms with E-state index in [2.05, 4.69) is 10.1 Å². The summed E-state index contributed by atoms with van der Waals surface area (Å²) in [5.74, 6) is -1.22. The van der Waals surface area contributed by atoms with Gasteiger partial charge in [0.15, 0.2) is 0 Å². The van der Waals surface area contributed by atoms with Crippen LogP contribution in [0.15, 0.2) is 59.5 Å². The van der Waals surface area contributed by atoms with Gasteiger partial charge in [0.25, 0.3) is 0 Å². The zero-order chi connectivity index (χ0) is 20.1. The molecule has 1 saturated heterocycles. The number of ether oxygens (including phenoxy) is 1. The number of esters is 1. The van der Waals surface area contributed by atoms with Gasteiger partial charge in [0, 0.05) is 18.8 Å². The number of hydrogen-bond acceptors (Lipinski definition) is 5. The monoisotopic (exact) mass is 402 g/mol. The van der Waals surface area contributed by atoms with Crippen LogP contribution in [0, 0.1) is 5.92 Å². The maximum atomic E-state index is 12.8. The Balaban J connectivity index is 1.71. The number of carbonyl (C=O) groups is 2. The third kappa shape index (κ3) is 4.40. The molecule has 1 N–H and O–H groups in total. The molecule has 0 aliphatic carbocycles. The quantitative estimate of drug-likeness (QED) is 0.776. The summed E-state index contributed by atoms with van der Waals surface area (Å²) in [7, 11) is -2.34. The highest BCUT2D eigenvalue weighted by Gasteiger charge is 2.33. The molecule has 1 amide bonds. The van der Waals surface area contributed by atoms with Crippen LogP contribution in [-0.2, 0) is 19.6 Å². The van der Waals surface area contributed by atoms with E-state index >= 15 is 0 Å². The Labute approximate surface area is 164 Å². The van der Waals surface area contributed by atoms with Gasteiger partial charge in [-0.3, -0.25) is 4.79 Å². The fraction of sp³-hybridized carbons (Fsp3) is 0.300. The molecule has 0 saturated carbocycles. The smallest absolute Gasteiger partial charge is 0.337 e. The first-order chi connectivity index (χ1) is 13.4. The Hall–Kier alpha value is -2.71. The van der Waals surface area contributed by atoms with Gasteiger partial charge in [-0.25, -0.2) is 13.2 Å². The third-order valence-corrected chi connectivity index (χ3v) is 6.57. The Morgan fingerprint density at radius 3 is 2.57 bits per heavy atom. The topological polar surface area (TPSA) is 92.8 Å². The summed E-state index contributed by atoms with van der Waals surface area (Å²) < 4.78 is 31.7. The molecule has 0 unspecified atom stereocenters. The largest absolute Gasteiger partial charge is 0.465 e. The van der Waals surface area contributed by atoms with Crippen LogP contribution in [0.25, 0.3) is 0 Å². The molecule has 1 aliphatic heterocycles. The number of methoxy groups -OCH3 is 1. The van der Waals surface area contributed by atoms with Crippen LogP contribution < -0.4 is 5.32 Å². The van der Waals surface area contributed by atoms with Gasteiger partial charge in [0.2, 0.25) is 15.9 Å². The van der Waals surface area contributed by atoms with Crippen molar-refractivity contribution >= 4 is 27.6 Å². The van der Waals surface area contributed by atoms with E-state index in [1.54, 1.807) is 48.5 Å². The van der Waals surface area contributed by atoms with E-state index in [0.29, 0.717) is 30.6 Å². The molecule has 0 bridgehead atoms. The molecule has 0 radical (unpaired) electrons. The standard InChI is InChI=1S/C20H22N2O5S/c1-27-20(24)15-7-5-9-17(13-15)21-19(23)16-8-6-12-22(14-16)28(25,26)18-10-3-2-4-11-18/h2-5,7,9-11,13,16H,6,8,12,14H2,1H3,(H,21,23)/t16-/m0/s1. The van der Waals surface area contributed by atoms with Crippen LogP contribution >= 0.6 is 0 Å². The van der Waals surface area contributed by atoms with Gasteiger partial charge in [-0.1, -0.05) is 24.3 Å². The van der Waals surface area contributed by atoms with E-state index in [-0.39, 0.29) is 17.3 Å². The number of piperidine rings is 1. The van der Waals surface area contributed by atoms with Crippen LogP contribution in [-0.4, -0.2) is 44.8 Å². The highest BCUT2D eigenvalue weighted by molar-refractivity contribution is 7.89. The van der Waals surface area contributed by atoms with Gasteiger partial charge in [-0.2, -0.15) is 4.31 Å². The van der Waals surface area contributed by atoms with Gasteiger partial charge >= 0.3 is 5.97 Å². The van der Waals surface area contributed by atoms with Crippen LogP contribution in [0.5, 0.6) is 0 Å². The van der Waals surface area contributed by atoms with Crippen molar-refractivity contribution in [3.8, 4) is 0 Å². The second-order valence-corrected chi connectivity index (χ2v) is 8.51. The van der Waals surface area contributed by atoms with Crippen molar-refractivity contribution in [2.45, 2.75) is 17.7 Å². The van der Waals surface area contributed by atoms with E-state index in [0.717, 1.165) is 0 Å². The number of carbonyl (C=O) groups excluding carboxylic acids is 2. The lowest BCUT2D eigenvalue weighted by atomic mass is 9.98. The first kappa shape index (κ1) is 20.0. The molecule has 28 heavy (non-hydrogen) atoms. The highest BCUT2D eigenvalue weighted by Crippen LogP contribution is 2.25. The molecule has 1 aliphatic rings. The lowest BCUT2D eigenvalue weighted by Gasteiger charge is -2.31. The number of rotatable bonds is 5. The fourth-order valence-corrected chi connectivity index (χ4v) is 4.75. The number of anilines is 1. The highest BCUT2D eigenvalue weighted by atomic mass is 32.2. The van der Waals surface area contributed by atoms with E-state index in [1.807, 2.05) is 0 Å². The molecule has 148 valence electrons. The molecule has 3 rings (SSSR count). The molecular weight excluding hydrogens is 380 g/mol. The van der Waals surface area contributed by atoms with Gasteiger partial charge in [0.1, 0.15) is 0 Å². The summed E-state index contributed by atoms with van der Waals surface area (Å²) in [6.07, 6.45) is 1.20. The molecule has 0 spiro atoms. The number of hydrogen-bond donors (Lipinski definition) is 1. The molecule has 7 nitrogen and oxygen atoms in total. The zero-order valence-corrected chi connectivity index (χ0v) is 16.3. The minimum Gasteiger partial charge on any atom is -0.465 e. The normalized spacial score (nSPS) is 17.7. The summed E-state index contributed by atoms with van der Waals surface area (Å²) in [6.45, 7) is 0.512. The zero-order valence-electron chi connectivity index (χ0n) is 15.5. The maximum absolute atomic E-state index is 12.8. The molecule has 1 fully saturated rings. The van der Waals surface area contributed by atoms with Crippen LogP contribution in [0.3, 0.4) is 0 Å². The summed E-state index contributed by atoms with van der Waals surface area (Å²) in [5, 5.41) is 2.77. The second kappa shape index (κ2) is 8.53. The Morgan fingerprint density at radius 2 is 1.86 bits per heavy atom. The van der Waals surface area contributed by atoms with E-state index in [1.165, 1.54) is 17.5 Å². The summed E-state index contributed by atoms with van der Waals surface area (Å²) in [6, 6.07) is 14.7. The van der Waals surface area contributed by atoms with Crippen molar-refractivity contribution in [3.05, 3.63) is 60.2 Å². The van der Waals surface area contributed by atoms with Crippen molar-refractivity contribution < 1.29 is 22.7 Å². The molecule has 0 aromatic heterocycles. The predicted molar refractivity (Wildman–Crippen MR) is 104 cm³/mol. The van der Waals surface area contributed by atoms with Crippen LogP contribution in [0.1, 0.15) is 23.2 Å². The minimum atomic E-state index is -3.63. The lowest BCUT2D eigenvalue weighted by molar-refractivity contribution is -0.120. The summed E-state index contributed by atoms with van der Waals surface area (Å²) >= 11 is 0. The van der Waals surface area contributed by atoms with Crippen molar-refractivity contribution in [1.29, 1.82) is 0 Å². The molecule has 2 aromatic rings. The predicted octanol–water partition coefficient (Wildman–Crippen LogP) is 2.51. The minimum absolute atomic E-state index is 0.125. The van der Waals surface area contributed by atoms with E-state index in [4.69, 9.17) is 0 Å². The van der Waals surface area contributed by atoms with Crippen molar-refractivity contribution in [1.82, 2.24) is 4.31 Å². The lowest BCUT2D eigenvalue weighted by Crippen LogP contribution is -2.43. The first-order valence-electron chi connectivity index (χ1n) is 8.96. The maximum Gasteiger partial charge on any atom is 0.337 e. The van der Waals surface area contributed by atoms with E-state index in [9.17, 15) is 18.0 Å². The van der Waals surface area contributed by atoms with Gasteiger partial charge in [0.05, 0.1) is 23.5 Å². The first-order valence-corrected chi connectivity index (χ1v) is 10.4. The average Bonchev–Trinajstić information content (AvgIpc) is 2.74. The van der Waals surface area contributed by atoms with Gasteiger partial charge < -0.3 is 10.1 Å². The van der Waals surface area contributed by atoms with Crippen molar-refractivity contribution in [2.75, 3.05) is 25.5 Å². The van der Waals surface area contributed by atoms with Gasteiger partial charge in [-0.15, -0.1) is 0 Å². The Morgan fingerprint density at radius 1 is 1.11 bits per heavy atom. The Bertz CT molecular complexity index is 960. The van der Waals surface area contributed by atoms with Crippen molar-refractivity contribution in [3.63, 3.8) is 0 Å². The second-order valence-electron chi connectivity index (χ2n) is 6.58. The van der Waals surface area contributed by atoms with Crippen LogP contribution in [0.2, 0.25) is 0 Å². The third-order valence-electron chi connectivity index (χ3n) is 4.69.